The van der Waals surface area contributed by atoms with Crippen molar-refractivity contribution in [3.8, 4) is 0 Å². The molecule has 1 unspecified atom stereocenters. The summed E-state index contributed by atoms with van der Waals surface area (Å²) in [4.78, 5) is 11.8. The molecule has 1 N–H and O–H groups in total. The van der Waals surface area contributed by atoms with Crippen LogP contribution in [0.15, 0.2) is 30.5 Å². The molecule has 0 aliphatic heterocycles. The molecule has 114 valence electrons. The number of benzene rings is 1. The molecule has 1 atom stereocenters. The van der Waals surface area contributed by atoms with Crippen molar-refractivity contribution in [3.63, 3.8) is 0 Å². The van der Waals surface area contributed by atoms with Gasteiger partial charge in [0.2, 0.25) is 0 Å². The third-order valence-electron chi connectivity index (χ3n) is 2.97. The molecule has 1 amide bonds. The number of nitrogens with one attached hydrogen (secondary N) is 1. The van der Waals surface area contributed by atoms with E-state index >= 15 is 0 Å². The SMILES string of the molecule is CC(Cn1ccc2ccc(Cl)cc21)NC(=O)OC(C)(C)C. The second kappa shape index (κ2) is 5.98. The molecule has 1 aromatic carbocycles. The van der Waals surface area contributed by atoms with Crippen LogP contribution in [0.1, 0.15) is 27.7 Å². The average molecular weight is 309 g/mol. The number of hydrogen-bond donors (Lipinski definition) is 1. The predicted octanol–water partition coefficient (Wildman–Crippen LogP) is 4.21. The molecule has 0 spiro atoms. The molecule has 2 aromatic rings. The summed E-state index contributed by atoms with van der Waals surface area (Å²) >= 11 is 6.04. The van der Waals surface area contributed by atoms with Crippen molar-refractivity contribution in [2.45, 2.75) is 45.9 Å². The van der Waals surface area contributed by atoms with Crippen molar-refractivity contribution in [2.24, 2.45) is 0 Å². The summed E-state index contributed by atoms with van der Waals surface area (Å²) in [5.74, 6) is 0. The molecule has 4 nitrogen and oxygen atoms in total. The van der Waals surface area contributed by atoms with Crippen molar-refractivity contribution in [2.75, 3.05) is 0 Å². The van der Waals surface area contributed by atoms with E-state index in [4.69, 9.17) is 16.3 Å². The van der Waals surface area contributed by atoms with Crippen molar-refractivity contribution in [1.29, 1.82) is 0 Å². The van der Waals surface area contributed by atoms with Gasteiger partial charge >= 0.3 is 6.09 Å². The maximum Gasteiger partial charge on any atom is 0.407 e. The summed E-state index contributed by atoms with van der Waals surface area (Å²) in [5, 5.41) is 4.67. The largest absolute Gasteiger partial charge is 0.444 e. The average Bonchev–Trinajstić information content (AvgIpc) is 2.69. The van der Waals surface area contributed by atoms with Gasteiger partial charge in [-0.1, -0.05) is 17.7 Å². The van der Waals surface area contributed by atoms with E-state index in [1.807, 2.05) is 58.2 Å². The molecule has 0 aliphatic rings. The molecule has 5 heteroatoms. The van der Waals surface area contributed by atoms with E-state index in [1.54, 1.807) is 0 Å². The van der Waals surface area contributed by atoms with Gasteiger partial charge < -0.3 is 14.6 Å². The Kier molecular flexibility index (Phi) is 4.47. The van der Waals surface area contributed by atoms with Crippen LogP contribution in [-0.2, 0) is 11.3 Å². The fourth-order valence-electron chi connectivity index (χ4n) is 2.17. The van der Waals surface area contributed by atoms with Gasteiger partial charge in [-0.3, -0.25) is 0 Å². The first-order chi connectivity index (χ1) is 9.74. The molecule has 0 bridgehead atoms. The second-order valence-corrected chi connectivity index (χ2v) is 6.65. The normalized spacial score (nSPS) is 13.2. The Labute approximate surface area is 130 Å². The maximum atomic E-state index is 11.8. The number of nitrogens with zero attached hydrogens (tertiary/aromatic N) is 1. The highest BCUT2D eigenvalue weighted by Gasteiger charge is 2.18. The Morgan fingerprint density at radius 2 is 2.10 bits per heavy atom. The van der Waals surface area contributed by atoms with Gasteiger partial charge in [-0.2, -0.15) is 0 Å². The lowest BCUT2D eigenvalue weighted by molar-refractivity contribution is 0.0504. The van der Waals surface area contributed by atoms with Crippen molar-refractivity contribution in [3.05, 3.63) is 35.5 Å². The van der Waals surface area contributed by atoms with Crippen LogP contribution < -0.4 is 5.32 Å². The molecular formula is C16H21ClN2O2. The molecule has 0 saturated heterocycles. The van der Waals surface area contributed by atoms with Gasteiger partial charge in [0.15, 0.2) is 0 Å². The first kappa shape index (κ1) is 15.7. The van der Waals surface area contributed by atoms with E-state index in [0.29, 0.717) is 11.6 Å². The van der Waals surface area contributed by atoms with Crippen molar-refractivity contribution >= 4 is 28.6 Å². The lowest BCUT2D eigenvalue weighted by Crippen LogP contribution is -2.39. The molecule has 0 fully saturated rings. The maximum absolute atomic E-state index is 11.8. The smallest absolute Gasteiger partial charge is 0.407 e. The number of carbonyl (C=O) groups is 1. The summed E-state index contributed by atoms with van der Waals surface area (Å²) < 4.78 is 7.33. The van der Waals surface area contributed by atoms with Gasteiger partial charge in [0.05, 0.1) is 0 Å². The summed E-state index contributed by atoms with van der Waals surface area (Å²) in [5.41, 5.74) is 0.567. The Bertz CT molecular complexity index is 643. The van der Waals surface area contributed by atoms with Gasteiger partial charge in [-0.15, -0.1) is 0 Å². The fourth-order valence-corrected chi connectivity index (χ4v) is 2.33. The van der Waals surface area contributed by atoms with E-state index < -0.39 is 11.7 Å². The standard InChI is InChI=1S/C16H21ClN2O2/c1-11(18-15(20)21-16(2,3)4)10-19-8-7-12-5-6-13(17)9-14(12)19/h5-9,11H,10H2,1-4H3,(H,18,20). The number of alkyl carbamates (subject to hydrolysis) is 1. The van der Waals surface area contributed by atoms with Gasteiger partial charge in [-0.25, -0.2) is 4.79 Å². The minimum absolute atomic E-state index is 0.0468. The predicted molar refractivity (Wildman–Crippen MR) is 85.8 cm³/mol. The van der Waals surface area contributed by atoms with Crippen LogP contribution in [0, 0.1) is 0 Å². The van der Waals surface area contributed by atoms with Crippen LogP contribution in [0.25, 0.3) is 10.9 Å². The Morgan fingerprint density at radius 1 is 1.38 bits per heavy atom. The zero-order chi connectivity index (χ0) is 15.6. The highest BCUT2D eigenvalue weighted by molar-refractivity contribution is 6.31. The molecule has 2 rings (SSSR count). The third-order valence-corrected chi connectivity index (χ3v) is 3.20. The van der Waals surface area contributed by atoms with Crippen molar-refractivity contribution in [1.82, 2.24) is 9.88 Å². The number of rotatable bonds is 3. The lowest BCUT2D eigenvalue weighted by atomic mass is 10.2. The molecule has 1 heterocycles. The van der Waals surface area contributed by atoms with E-state index in [9.17, 15) is 4.79 Å². The second-order valence-electron chi connectivity index (χ2n) is 6.22. The van der Waals surface area contributed by atoms with Gasteiger partial charge in [0, 0.05) is 29.3 Å². The Morgan fingerprint density at radius 3 is 2.76 bits per heavy atom. The van der Waals surface area contributed by atoms with Crippen LogP contribution in [-0.4, -0.2) is 22.3 Å². The molecule has 1 aromatic heterocycles. The lowest BCUT2D eigenvalue weighted by Gasteiger charge is -2.22. The van der Waals surface area contributed by atoms with Crippen LogP contribution in [0.2, 0.25) is 5.02 Å². The van der Waals surface area contributed by atoms with Crippen LogP contribution >= 0.6 is 11.6 Å². The number of halogens is 1. The molecule has 0 radical (unpaired) electrons. The monoisotopic (exact) mass is 308 g/mol. The Hall–Kier alpha value is -1.68. The summed E-state index contributed by atoms with van der Waals surface area (Å²) in [6.07, 6.45) is 1.60. The summed E-state index contributed by atoms with van der Waals surface area (Å²) in [7, 11) is 0. The highest BCUT2D eigenvalue weighted by Crippen LogP contribution is 2.20. The number of hydrogen-bond acceptors (Lipinski definition) is 2. The molecular weight excluding hydrogens is 288 g/mol. The number of ether oxygens (including phenoxy) is 1. The number of aromatic nitrogens is 1. The zero-order valence-electron chi connectivity index (χ0n) is 12.8. The third kappa shape index (κ3) is 4.39. The molecule has 0 saturated carbocycles. The first-order valence-electron chi connectivity index (χ1n) is 6.98. The number of carbonyl (C=O) groups excluding carboxylic acids is 1. The van der Waals surface area contributed by atoms with Gasteiger partial charge in [-0.05, 0) is 51.3 Å². The van der Waals surface area contributed by atoms with Crippen LogP contribution in [0.5, 0.6) is 0 Å². The van der Waals surface area contributed by atoms with Gasteiger partial charge in [0.1, 0.15) is 5.60 Å². The van der Waals surface area contributed by atoms with Gasteiger partial charge in [0.25, 0.3) is 0 Å². The zero-order valence-corrected chi connectivity index (χ0v) is 13.6. The fraction of sp³-hybridized carbons (Fsp3) is 0.438. The molecule has 0 aliphatic carbocycles. The minimum atomic E-state index is -0.489. The van der Waals surface area contributed by atoms with E-state index in [2.05, 4.69) is 9.88 Å². The highest BCUT2D eigenvalue weighted by atomic mass is 35.5. The minimum Gasteiger partial charge on any atom is -0.444 e. The van der Waals surface area contributed by atoms with Crippen molar-refractivity contribution < 1.29 is 9.53 Å². The molecule has 21 heavy (non-hydrogen) atoms. The summed E-state index contributed by atoms with van der Waals surface area (Å²) in [6.45, 7) is 8.14. The first-order valence-corrected chi connectivity index (χ1v) is 7.36. The topological polar surface area (TPSA) is 43.3 Å². The number of fused-ring (bicyclic) bond motifs is 1. The van der Waals surface area contributed by atoms with E-state index in [1.165, 1.54) is 0 Å². The number of amides is 1. The van der Waals surface area contributed by atoms with E-state index in [-0.39, 0.29) is 6.04 Å². The Balaban J connectivity index is 2.03. The van der Waals surface area contributed by atoms with E-state index in [0.717, 1.165) is 10.9 Å². The summed E-state index contributed by atoms with van der Waals surface area (Å²) in [6, 6.07) is 7.77. The van der Waals surface area contributed by atoms with Crippen LogP contribution in [0.4, 0.5) is 4.79 Å². The quantitative estimate of drug-likeness (QED) is 0.923. The van der Waals surface area contributed by atoms with Crippen LogP contribution in [0.3, 0.4) is 0 Å².